The van der Waals surface area contributed by atoms with Gasteiger partial charge >= 0.3 is 5.97 Å². The molecule has 0 bridgehead atoms. The van der Waals surface area contributed by atoms with Gasteiger partial charge in [-0.3, -0.25) is 0 Å². The summed E-state index contributed by atoms with van der Waals surface area (Å²) >= 11 is 0. The number of benzene rings is 1. The molecule has 0 aliphatic rings. The van der Waals surface area contributed by atoms with Crippen LogP contribution in [-0.4, -0.2) is 39.6 Å². The van der Waals surface area contributed by atoms with Gasteiger partial charge in [-0.1, -0.05) is 6.92 Å². The summed E-state index contributed by atoms with van der Waals surface area (Å²) in [7, 11) is -1.74. The topological polar surface area (TPSA) is 95.7 Å². The zero-order chi connectivity index (χ0) is 15.2. The Kier molecular flexibility index (Phi) is 5.82. The molecule has 7 heteroatoms. The van der Waals surface area contributed by atoms with E-state index in [0.29, 0.717) is 17.9 Å². The molecule has 0 radical (unpaired) electrons. The molecule has 1 aromatic rings. The molecule has 0 saturated carbocycles. The second-order valence-electron chi connectivity index (χ2n) is 4.25. The van der Waals surface area contributed by atoms with E-state index < -0.39 is 15.8 Å². The molecule has 6 nitrogen and oxygen atoms in total. The third kappa shape index (κ3) is 4.73. The Labute approximate surface area is 118 Å². The molecule has 0 atom stereocenters. The number of rotatable bonds is 7. The Bertz CT molecular complexity index is 568. The summed E-state index contributed by atoms with van der Waals surface area (Å²) in [5, 5.41) is 0. The van der Waals surface area contributed by atoms with Crippen LogP contribution >= 0.6 is 0 Å². The molecule has 0 aliphatic heterocycles. The van der Waals surface area contributed by atoms with Gasteiger partial charge in [0.15, 0.2) is 9.84 Å². The van der Waals surface area contributed by atoms with Crippen LogP contribution in [0.4, 0.5) is 5.69 Å². The molecule has 112 valence electrons. The van der Waals surface area contributed by atoms with Crippen LogP contribution in [0.5, 0.6) is 5.75 Å². The number of hydrogen-bond acceptors (Lipinski definition) is 6. The summed E-state index contributed by atoms with van der Waals surface area (Å²) in [5.74, 6) is -0.412. The molecule has 0 aromatic heterocycles. The average Bonchev–Trinajstić information content (AvgIpc) is 2.38. The lowest BCUT2D eigenvalue weighted by atomic mass is 10.2. The predicted molar refractivity (Wildman–Crippen MR) is 76.6 cm³/mol. The van der Waals surface area contributed by atoms with Crippen molar-refractivity contribution < 1.29 is 22.7 Å². The van der Waals surface area contributed by atoms with Crippen molar-refractivity contribution in [2.75, 3.05) is 31.0 Å². The maximum absolute atomic E-state index is 11.9. The van der Waals surface area contributed by atoms with E-state index in [1.165, 1.54) is 13.2 Å². The highest BCUT2D eigenvalue weighted by molar-refractivity contribution is 7.91. The predicted octanol–water partition coefficient (Wildman–Crippen LogP) is 1.26. The van der Waals surface area contributed by atoms with Crippen LogP contribution in [0.25, 0.3) is 0 Å². The summed E-state index contributed by atoms with van der Waals surface area (Å²) < 4.78 is 33.0. The minimum atomic E-state index is -3.17. The van der Waals surface area contributed by atoms with Crippen LogP contribution in [0.15, 0.2) is 18.2 Å². The molecule has 0 saturated heterocycles. The molecule has 2 N–H and O–H groups in total. The van der Waals surface area contributed by atoms with Crippen LogP contribution < -0.4 is 10.5 Å². The first kappa shape index (κ1) is 16.3. The quantitative estimate of drug-likeness (QED) is 0.601. The van der Waals surface area contributed by atoms with Gasteiger partial charge < -0.3 is 15.2 Å². The maximum Gasteiger partial charge on any atom is 0.342 e. The van der Waals surface area contributed by atoms with Crippen molar-refractivity contribution >= 4 is 21.5 Å². The minimum absolute atomic E-state index is 0.0894. The van der Waals surface area contributed by atoms with Crippen LogP contribution in [0, 0.1) is 0 Å². The van der Waals surface area contributed by atoms with E-state index in [1.807, 2.05) is 0 Å². The number of anilines is 1. The van der Waals surface area contributed by atoms with Crippen LogP contribution in [0.3, 0.4) is 0 Å². The standard InChI is InChI=1S/C13H19NO5S/c1-3-7-20(16,17)8-6-19-13(15)11-9-10(14)4-5-12(11)18-2/h4-5,9H,3,6-8,14H2,1-2H3. The van der Waals surface area contributed by atoms with Gasteiger partial charge in [0.2, 0.25) is 0 Å². The van der Waals surface area contributed by atoms with Crippen molar-refractivity contribution in [3.05, 3.63) is 23.8 Å². The second kappa shape index (κ2) is 7.14. The number of nitrogens with two attached hydrogens (primary N) is 1. The van der Waals surface area contributed by atoms with Gasteiger partial charge in [0.1, 0.15) is 17.9 Å². The summed E-state index contributed by atoms with van der Waals surface area (Å²) in [6, 6.07) is 4.59. The first-order valence-electron chi connectivity index (χ1n) is 6.20. The molecule has 20 heavy (non-hydrogen) atoms. The summed E-state index contributed by atoms with van der Waals surface area (Å²) in [6.07, 6.45) is 0.541. The van der Waals surface area contributed by atoms with Gasteiger partial charge in [-0.15, -0.1) is 0 Å². The second-order valence-corrected chi connectivity index (χ2v) is 6.55. The maximum atomic E-state index is 11.9. The number of hydrogen-bond donors (Lipinski definition) is 1. The molecular formula is C13H19NO5S. The first-order valence-corrected chi connectivity index (χ1v) is 8.03. The molecule has 1 rings (SSSR count). The van der Waals surface area contributed by atoms with Gasteiger partial charge in [-0.2, -0.15) is 0 Å². The Morgan fingerprint density at radius 2 is 2.00 bits per heavy atom. The highest BCUT2D eigenvalue weighted by Crippen LogP contribution is 2.21. The van der Waals surface area contributed by atoms with Crippen molar-refractivity contribution in [2.24, 2.45) is 0 Å². The van der Waals surface area contributed by atoms with E-state index in [4.69, 9.17) is 15.2 Å². The largest absolute Gasteiger partial charge is 0.496 e. The van der Waals surface area contributed by atoms with E-state index in [2.05, 4.69) is 0 Å². The molecule has 0 unspecified atom stereocenters. The third-order valence-corrected chi connectivity index (χ3v) is 4.41. The number of carbonyl (C=O) groups is 1. The average molecular weight is 301 g/mol. The van der Waals surface area contributed by atoms with E-state index in [1.54, 1.807) is 19.1 Å². The fourth-order valence-corrected chi connectivity index (χ4v) is 2.80. The zero-order valence-corrected chi connectivity index (χ0v) is 12.4. The van der Waals surface area contributed by atoms with Gasteiger partial charge in [-0.05, 0) is 24.6 Å². The SMILES string of the molecule is CCCS(=O)(=O)CCOC(=O)c1cc(N)ccc1OC. The van der Waals surface area contributed by atoms with Gasteiger partial charge in [0, 0.05) is 5.69 Å². The Morgan fingerprint density at radius 3 is 2.60 bits per heavy atom. The smallest absolute Gasteiger partial charge is 0.342 e. The lowest BCUT2D eigenvalue weighted by Gasteiger charge is -2.09. The lowest BCUT2D eigenvalue weighted by molar-refractivity contribution is 0.0525. The van der Waals surface area contributed by atoms with Crippen LogP contribution in [0.1, 0.15) is 23.7 Å². The van der Waals surface area contributed by atoms with Crippen molar-refractivity contribution in [3.8, 4) is 5.75 Å². The molecule has 0 aliphatic carbocycles. The van der Waals surface area contributed by atoms with E-state index in [-0.39, 0.29) is 23.7 Å². The van der Waals surface area contributed by atoms with Gasteiger partial charge in [0.05, 0.1) is 18.6 Å². The molecule has 0 spiro atoms. The van der Waals surface area contributed by atoms with Crippen molar-refractivity contribution in [1.29, 1.82) is 0 Å². The molecular weight excluding hydrogens is 282 g/mol. The third-order valence-electron chi connectivity index (χ3n) is 2.59. The fraction of sp³-hybridized carbons (Fsp3) is 0.462. The zero-order valence-electron chi connectivity index (χ0n) is 11.6. The van der Waals surface area contributed by atoms with Gasteiger partial charge in [-0.25, -0.2) is 13.2 Å². The number of methoxy groups -OCH3 is 1. The Balaban J connectivity index is 2.66. The van der Waals surface area contributed by atoms with Crippen molar-refractivity contribution in [1.82, 2.24) is 0 Å². The number of nitrogen functional groups attached to an aromatic ring is 1. The normalized spacial score (nSPS) is 11.1. The highest BCUT2D eigenvalue weighted by Gasteiger charge is 2.16. The number of ether oxygens (including phenoxy) is 2. The monoisotopic (exact) mass is 301 g/mol. The van der Waals surface area contributed by atoms with Crippen molar-refractivity contribution in [2.45, 2.75) is 13.3 Å². The van der Waals surface area contributed by atoms with Gasteiger partial charge in [0.25, 0.3) is 0 Å². The number of sulfone groups is 1. The molecule has 1 aromatic carbocycles. The Morgan fingerprint density at radius 1 is 1.30 bits per heavy atom. The summed E-state index contributed by atoms with van der Waals surface area (Å²) in [6.45, 7) is 1.60. The minimum Gasteiger partial charge on any atom is -0.496 e. The first-order chi connectivity index (χ1) is 9.39. The van der Waals surface area contributed by atoms with Crippen LogP contribution in [0.2, 0.25) is 0 Å². The fourth-order valence-electron chi connectivity index (χ4n) is 1.64. The number of carbonyl (C=O) groups excluding carboxylic acids is 1. The lowest BCUT2D eigenvalue weighted by Crippen LogP contribution is -2.18. The van der Waals surface area contributed by atoms with Crippen molar-refractivity contribution in [3.63, 3.8) is 0 Å². The molecule has 0 fully saturated rings. The van der Waals surface area contributed by atoms with E-state index in [0.717, 1.165) is 0 Å². The van der Waals surface area contributed by atoms with E-state index >= 15 is 0 Å². The Hall–Kier alpha value is -1.76. The molecule has 0 amide bonds. The molecule has 0 heterocycles. The summed E-state index contributed by atoms with van der Waals surface area (Å²) in [4.78, 5) is 11.9. The summed E-state index contributed by atoms with van der Waals surface area (Å²) in [5.41, 5.74) is 6.18. The highest BCUT2D eigenvalue weighted by atomic mass is 32.2. The van der Waals surface area contributed by atoms with E-state index in [9.17, 15) is 13.2 Å². The van der Waals surface area contributed by atoms with Crippen LogP contribution in [-0.2, 0) is 14.6 Å². The number of esters is 1.